The van der Waals surface area contributed by atoms with Gasteiger partial charge in [0.2, 0.25) is 0 Å². The van der Waals surface area contributed by atoms with Crippen LogP contribution in [-0.4, -0.2) is 27.6 Å². The Kier molecular flexibility index (Phi) is 4.23. The molecule has 0 radical (unpaired) electrons. The SMILES string of the molecule is CCC(CC)(CO)NCc1nonc1C. The summed E-state index contributed by atoms with van der Waals surface area (Å²) in [7, 11) is 0. The van der Waals surface area contributed by atoms with Crippen molar-refractivity contribution in [3.63, 3.8) is 0 Å². The van der Waals surface area contributed by atoms with E-state index in [2.05, 4.69) is 34.1 Å². The lowest BCUT2D eigenvalue weighted by Crippen LogP contribution is -2.47. The summed E-state index contributed by atoms with van der Waals surface area (Å²) in [6.07, 6.45) is 1.76. The number of hydrogen-bond donors (Lipinski definition) is 2. The highest BCUT2D eigenvalue weighted by Crippen LogP contribution is 2.15. The number of aryl methyl sites for hydroxylation is 1. The molecule has 86 valence electrons. The number of aliphatic hydroxyl groups is 1. The fourth-order valence-corrected chi connectivity index (χ4v) is 1.46. The van der Waals surface area contributed by atoms with Gasteiger partial charge in [0, 0.05) is 12.1 Å². The van der Waals surface area contributed by atoms with Crippen LogP contribution in [0.3, 0.4) is 0 Å². The van der Waals surface area contributed by atoms with Gasteiger partial charge in [-0.15, -0.1) is 0 Å². The van der Waals surface area contributed by atoms with Gasteiger partial charge in [0.05, 0.1) is 6.61 Å². The summed E-state index contributed by atoms with van der Waals surface area (Å²) in [6.45, 7) is 6.68. The number of aromatic nitrogens is 2. The van der Waals surface area contributed by atoms with Crippen molar-refractivity contribution in [2.45, 2.75) is 45.7 Å². The van der Waals surface area contributed by atoms with Crippen molar-refractivity contribution in [2.75, 3.05) is 6.61 Å². The minimum absolute atomic E-state index is 0.129. The van der Waals surface area contributed by atoms with Crippen molar-refractivity contribution in [1.29, 1.82) is 0 Å². The number of aliphatic hydroxyl groups excluding tert-OH is 1. The lowest BCUT2D eigenvalue weighted by Gasteiger charge is -2.30. The maximum atomic E-state index is 9.35. The molecule has 0 aliphatic carbocycles. The Bertz CT molecular complexity index is 286. The standard InChI is InChI=1S/C10H19N3O2/c1-4-10(5-2,7-14)11-6-9-8(3)12-15-13-9/h11,14H,4-7H2,1-3H3. The average Bonchev–Trinajstić information content (AvgIpc) is 2.67. The molecule has 2 N–H and O–H groups in total. The highest BCUT2D eigenvalue weighted by atomic mass is 16.6. The molecule has 0 aliphatic heterocycles. The molecule has 5 heteroatoms. The van der Waals surface area contributed by atoms with E-state index < -0.39 is 0 Å². The smallest absolute Gasteiger partial charge is 0.121 e. The second kappa shape index (κ2) is 5.23. The molecule has 0 spiro atoms. The first kappa shape index (κ1) is 12.1. The first-order chi connectivity index (χ1) is 7.17. The van der Waals surface area contributed by atoms with Crippen LogP contribution in [0.5, 0.6) is 0 Å². The molecule has 0 aromatic carbocycles. The van der Waals surface area contributed by atoms with E-state index in [4.69, 9.17) is 0 Å². The van der Waals surface area contributed by atoms with Gasteiger partial charge in [0.1, 0.15) is 11.4 Å². The van der Waals surface area contributed by atoms with E-state index in [1.54, 1.807) is 0 Å². The number of nitrogens with one attached hydrogen (secondary N) is 1. The summed E-state index contributed by atoms with van der Waals surface area (Å²) in [5.41, 5.74) is 1.38. The third-order valence-electron chi connectivity index (χ3n) is 3.03. The summed E-state index contributed by atoms with van der Waals surface area (Å²) in [5, 5.41) is 20.2. The third kappa shape index (κ3) is 2.76. The Morgan fingerprint density at radius 1 is 1.33 bits per heavy atom. The number of rotatable bonds is 6. The Morgan fingerprint density at radius 3 is 2.40 bits per heavy atom. The molecule has 0 atom stereocenters. The van der Waals surface area contributed by atoms with Crippen LogP contribution < -0.4 is 5.32 Å². The van der Waals surface area contributed by atoms with Gasteiger partial charge in [-0.2, -0.15) is 0 Å². The molecule has 15 heavy (non-hydrogen) atoms. The van der Waals surface area contributed by atoms with Crippen LogP contribution in [0.25, 0.3) is 0 Å². The highest BCUT2D eigenvalue weighted by molar-refractivity contribution is 5.05. The van der Waals surface area contributed by atoms with Gasteiger partial charge in [-0.25, -0.2) is 4.63 Å². The van der Waals surface area contributed by atoms with E-state index in [1.807, 2.05) is 6.92 Å². The number of hydrogen-bond acceptors (Lipinski definition) is 5. The second-order valence-electron chi connectivity index (χ2n) is 3.80. The Morgan fingerprint density at radius 2 is 2.00 bits per heavy atom. The Hall–Kier alpha value is -0.940. The zero-order valence-corrected chi connectivity index (χ0v) is 9.58. The molecule has 0 amide bonds. The van der Waals surface area contributed by atoms with E-state index in [0.717, 1.165) is 24.2 Å². The van der Waals surface area contributed by atoms with Gasteiger partial charge < -0.3 is 10.4 Å². The third-order valence-corrected chi connectivity index (χ3v) is 3.03. The van der Waals surface area contributed by atoms with Crippen molar-refractivity contribution in [3.05, 3.63) is 11.4 Å². The van der Waals surface area contributed by atoms with E-state index in [9.17, 15) is 5.11 Å². The molecule has 1 rings (SSSR count). The van der Waals surface area contributed by atoms with Gasteiger partial charge in [-0.3, -0.25) is 0 Å². The fourth-order valence-electron chi connectivity index (χ4n) is 1.46. The lowest BCUT2D eigenvalue weighted by molar-refractivity contribution is 0.148. The van der Waals surface area contributed by atoms with Crippen molar-refractivity contribution >= 4 is 0 Å². The highest BCUT2D eigenvalue weighted by Gasteiger charge is 2.24. The molecule has 0 fully saturated rings. The largest absolute Gasteiger partial charge is 0.394 e. The van der Waals surface area contributed by atoms with Crippen LogP contribution in [0.1, 0.15) is 38.1 Å². The molecule has 0 saturated heterocycles. The maximum absolute atomic E-state index is 9.35. The van der Waals surface area contributed by atoms with Crippen LogP contribution in [0, 0.1) is 6.92 Å². The van der Waals surface area contributed by atoms with Crippen LogP contribution in [-0.2, 0) is 6.54 Å². The van der Waals surface area contributed by atoms with Gasteiger partial charge in [-0.05, 0) is 19.8 Å². The summed E-state index contributed by atoms with van der Waals surface area (Å²) in [5.74, 6) is 0. The minimum atomic E-state index is -0.217. The van der Waals surface area contributed by atoms with Crippen LogP contribution >= 0.6 is 0 Å². The van der Waals surface area contributed by atoms with Gasteiger partial charge in [0.25, 0.3) is 0 Å². The quantitative estimate of drug-likeness (QED) is 0.738. The summed E-state index contributed by atoms with van der Waals surface area (Å²) < 4.78 is 4.61. The monoisotopic (exact) mass is 213 g/mol. The lowest BCUT2D eigenvalue weighted by atomic mass is 9.94. The van der Waals surface area contributed by atoms with E-state index in [0.29, 0.717) is 6.54 Å². The van der Waals surface area contributed by atoms with Gasteiger partial charge in [-0.1, -0.05) is 24.2 Å². The molecule has 1 aromatic heterocycles. The van der Waals surface area contributed by atoms with Crippen LogP contribution in [0.2, 0.25) is 0 Å². The predicted octanol–water partition coefficient (Wildman–Crippen LogP) is 1.02. The molecular weight excluding hydrogens is 194 g/mol. The van der Waals surface area contributed by atoms with Crippen molar-refractivity contribution in [1.82, 2.24) is 15.6 Å². The first-order valence-electron chi connectivity index (χ1n) is 5.31. The Labute approximate surface area is 89.8 Å². The molecule has 1 heterocycles. The first-order valence-corrected chi connectivity index (χ1v) is 5.31. The van der Waals surface area contributed by atoms with E-state index >= 15 is 0 Å². The fraction of sp³-hybridized carbons (Fsp3) is 0.800. The molecule has 0 aliphatic rings. The molecule has 0 bridgehead atoms. The Balaban J connectivity index is 2.58. The molecule has 5 nitrogen and oxygen atoms in total. The number of nitrogens with zero attached hydrogens (tertiary/aromatic N) is 2. The van der Waals surface area contributed by atoms with E-state index in [1.165, 1.54) is 0 Å². The zero-order chi connectivity index (χ0) is 11.3. The summed E-state index contributed by atoms with van der Waals surface area (Å²) in [6, 6.07) is 0. The summed E-state index contributed by atoms with van der Waals surface area (Å²) in [4.78, 5) is 0. The van der Waals surface area contributed by atoms with E-state index in [-0.39, 0.29) is 12.1 Å². The topological polar surface area (TPSA) is 71.2 Å². The maximum Gasteiger partial charge on any atom is 0.121 e. The zero-order valence-electron chi connectivity index (χ0n) is 9.58. The molecule has 0 unspecified atom stereocenters. The van der Waals surface area contributed by atoms with Gasteiger partial charge in [0.15, 0.2) is 0 Å². The molecule has 1 aromatic rings. The molecule has 0 saturated carbocycles. The minimum Gasteiger partial charge on any atom is -0.394 e. The van der Waals surface area contributed by atoms with Gasteiger partial charge >= 0.3 is 0 Å². The van der Waals surface area contributed by atoms with Crippen molar-refractivity contribution < 1.29 is 9.74 Å². The predicted molar refractivity (Wildman–Crippen MR) is 56.3 cm³/mol. The van der Waals surface area contributed by atoms with Crippen molar-refractivity contribution in [3.8, 4) is 0 Å². The molecular formula is C10H19N3O2. The summed E-state index contributed by atoms with van der Waals surface area (Å²) >= 11 is 0. The second-order valence-corrected chi connectivity index (χ2v) is 3.80. The van der Waals surface area contributed by atoms with Crippen LogP contribution in [0.15, 0.2) is 4.63 Å². The van der Waals surface area contributed by atoms with Crippen LogP contribution in [0.4, 0.5) is 0 Å². The average molecular weight is 213 g/mol. The normalized spacial score (nSPS) is 12.0. The van der Waals surface area contributed by atoms with Crippen molar-refractivity contribution in [2.24, 2.45) is 0 Å².